The van der Waals surface area contributed by atoms with Gasteiger partial charge in [0.2, 0.25) is 0 Å². The molecule has 0 amide bonds. The van der Waals surface area contributed by atoms with Crippen LogP contribution in [0.1, 0.15) is 154 Å². The van der Waals surface area contributed by atoms with E-state index < -0.39 is 11.2 Å². The highest BCUT2D eigenvalue weighted by Gasteiger charge is 2.78. The summed E-state index contributed by atoms with van der Waals surface area (Å²) in [6.07, 6.45) is 27.8. The lowest BCUT2D eigenvalue weighted by molar-refractivity contribution is -0.139. The molecule has 10 nitrogen and oxygen atoms in total. The molecule has 10 saturated carbocycles. The Morgan fingerprint density at radius 3 is 1.65 bits per heavy atom. The van der Waals surface area contributed by atoms with E-state index in [0.29, 0.717) is 58.2 Å². The number of halogens is 1. The van der Waals surface area contributed by atoms with Crippen LogP contribution in [0.5, 0.6) is 0 Å². The third-order valence-electron chi connectivity index (χ3n) is 21.4. The lowest BCUT2D eigenvalue weighted by atomic mass is 9.47. The van der Waals surface area contributed by atoms with E-state index in [1.165, 1.54) is 89.7 Å². The lowest BCUT2D eigenvalue weighted by Gasteiger charge is -2.57. The molecule has 0 spiro atoms. The number of aliphatic hydroxyl groups is 2. The van der Waals surface area contributed by atoms with Crippen LogP contribution in [-0.2, 0) is 16.1 Å². The van der Waals surface area contributed by atoms with Crippen molar-refractivity contribution in [3.05, 3.63) is 35.9 Å². The molecule has 10 fully saturated rings. The molecule has 0 aliphatic heterocycles. The van der Waals surface area contributed by atoms with Gasteiger partial charge >= 0.3 is 0 Å². The first-order valence-electron chi connectivity index (χ1n) is 24.9. The van der Waals surface area contributed by atoms with E-state index in [1.807, 2.05) is 19.9 Å². The first-order valence-corrected chi connectivity index (χ1v) is 26.0. The molecule has 0 bridgehead atoms. The number of nitriles is 2. The number of H-pyrrole nitrogens is 1. The molecule has 0 radical (unpaired) electrons. The van der Waals surface area contributed by atoms with E-state index in [1.54, 1.807) is 23.3 Å². The molecule has 18 atom stereocenters. The van der Waals surface area contributed by atoms with Gasteiger partial charge in [-0.05, 0) is 211 Å². The Kier molecular flexibility index (Phi) is 10.9. The lowest BCUT2D eigenvalue weighted by Crippen LogP contribution is -2.52. The zero-order valence-corrected chi connectivity index (χ0v) is 39.8. The van der Waals surface area contributed by atoms with Crippen LogP contribution >= 0.6 is 15.9 Å². The van der Waals surface area contributed by atoms with Gasteiger partial charge < -0.3 is 10.2 Å². The van der Waals surface area contributed by atoms with E-state index in [4.69, 9.17) is 10.5 Å². The van der Waals surface area contributed by atoms with Crippen molar-refractivity contribution in [3.63, 3.8) is 0 Å². The van der Waals surface area contributed by atoms with Crippen LogP contribution in [0.2, 0.25) is 0 Å². The summed E-state index contributed by atoms with van der Waals surface area (Å²) < 4.78 is 1.67. The molecular formula is C52H71BrN6O4. The van der Waals surface area contributed by atoms with Crippen LogP contribution in [0.3, 0.4) is 0 Å². The number of hydrogen-bond acceptors (Lipinski definition) is 8. The topological polar surface area (TPSA) is 169 Å². The Bertz CT molecular complexity index is 2170. The summed E-state index contributed by atoms with van der Waals surface area (Å²) in [5, 5.41) is 49.2. The number of nitrogens with one attached hydrogen (secondary N) is 1. The van der Waals surface area contributed by atoms with E-state index in [0.717, 1.165) is 79.4 Å². The van der Waals surface area contributed by atoms with Crippen molar-refractivity contribution in [1.29, 1.82) is 10.5 Å². The number of alkyl halides is 1. The number of nitrogens with zero attached hydrogens (tertiary/aromatic N) is 5. The van der Waals surface area contributed by atoms with Crippen molar-refractivity contribution in [3.8, 4) is 12.1 Å². The molecule has 10 aliphatic rings. The van der Waals surface area contributed by atoms with Gasteiger partial charge in [0.25, 0.3) is 0 Å². The fraction of sp³-hybridized carbons (Fsp3) is 0.808. The molecule has 2 aromatic heterocycles. The first kappa shape index (κ1) is 44.0. The van der Waals surface area contributed by atoms with Gasteiger partial charge in [0.05, 0.1) is 40.1 Å². The Hall–Kier alpha value is -2.86. The number of aromatic amines is 1. The number of ketones is 2. The molecule has 2 heterocycles. The van der Waals surface area contributed by atoms with Gasteiger partial charge in [0.15, 0.2) is 5.78 Å². The third-order valence-corrected chi connectivity index (χ3v) is 21.9. The summed E-state index contributed by atoms with van der Waals surface area (Å²) in [6.45, 7) is 9.33. The summed E-state index contributed by atoms with van der Waals surface area (Å²) in [5.74, 6) is 10.00. The van der Waals surface area contributed by atoms with Gasteiger partial charge in [0.1, 0.15) is 24.5 Å². The monoisotopic (exact) mass is 922 g/mol. The van der Waals surface area contributed by atoms with Crippen molar-refractivity contribution in [2.45, 2.75) is 161 Å². The highest BCUT2D eigenvalue weighted by Crippen LogP contribution is 2.81. The number of carbonyl (C=O) groups excluding carboxylic acids is 2. The maximum Gasteiger partial charge on any atom is 0.161 e. The van der Waals surface area contributed by atoms with Gasteiger partial charge in [-0.1, -0.05) is 29.8 Å². The number of carbonyl (C=O) groups is 2. The quantitative estimate of drug-likeness (QED) is 0.249. The van der Waals surface area contributed by atoms with Gasteiger partial charge in [-0.15, -0.1) is 0 Å². The summed E-state index contributed by atoms with van der Waals surface area (Å²) in [5.41, 5.74) is 0.523. The Morgan fingerprint density at radius 1 is 0.698 bits per heavy atom. The fourth-order valence-electron chi connectivity index (χ4n) is 18.6. The minimum atomic E-state index is -0.458. The zero-order valence-electron chi connectivity index (χ0n) is 38.2. The Labute approximate surface area is 383 Å². The van der Waals surface area contributed by atoms with Gasteiger partial charge in [-0.25, -0.2) is 0 Å². The largest absolute Gasteiger partial charge is 0.390 e. The zero-order chi connectivity index (χ0) is 44.3. The average molecular weight is 924 g/mol. The number of aromatic nitrogens is 4. The average Bonchev–Trinajstić information content (AvgIpc) is 3.88. The van der Waals surface area contributed by atoms with Gasteiger partial charge in [0, 0.05) is 23.2 Å². The fourth-order valence-corrected chi connectivity index (χ4v) is 19.1. The molecule has 11 heteroatoms. The number of fused-ring (bicyclic) bond motifs is 14. The van der Waals surface area contributed by atoms with Crippen molar-refractivity contribution >= 4 is 27.5 Å². The molecular weight excluding hydrogens is 853 g/mol. The van der Waals surface area contributed by atoms with Crippen LogP contribution in [0.25, 0.3) is 0 Å². The maximum absolute atomic E-state index is 13.6. The van der Waals surface area contributed by atoms with E-state index >= 15 is 0 Å². The molecule has 0 unspecified atom stereocenters. The molecule has 3 N–H and O–H groups in total. The summed E-state index contributed by atoms with van der Waals surface area (Å²) in [4.78, 5) is 26.4. The summed E-state index contributed by atoms with van der Waals surface area (Å²) >= 11 is 3.48. The van der Waals surface area contributed by atoms with E-state index in [9.17, 15) is 19.8 Å². The van der Waals surface area contributed by atoms with E-state index in [2.05, 4.69) is 51.1 Å². The second-order valence-electron chi connectivity index (χ2n) is 24.1. The van der Waals surface area contributed by atoms with E-state index in [-0.39, 0.29) is 21.7 Å². The minimum absolute atomic E-state index is 0.0409. The van der Waals surface area contributed by atoms with Crippen molar-refractivity contribution < 1.29 is 19.8 Å². The summed E-state index contributed by atoms with van der Waals surface area (Å²) in [7, 11) is 0. The second kappa shape index (κ2) is 15.6. The highest BCUT2D eigenvalue weighted by atomic mass is 79.9. The second-order valence-corrected chi connectivity index (χ2v) is 24.7. The molecule has 10 aliphatic carbocycles. The van der Waals surface area contributed by atoms with Crippen molar-refractivity contribution in [2.24, 2.45) is 92.7 Å². The van der Waals surface area contributed by atoms with Crippen LogP contribution < -0.4 is 0 Å². The Morgan fingerprint density at radius 2 is 1.21 bits per heavy atom. The molecule has 340 valence electrons. The van der Waals surface area contributed by atoms with Gasteiger partial charge in [-0.2, -0.15) is 20.7 Å². The molecule has 12 rings (SSSR count). The molecule has 63 heavy (non-hydrogen) atoms. The first-order chi connectivity index (χ1) is 30.0. The minimum Gasteiger partial charge on any atom is -0.390 e. The molecule has 2 aromatic rings. The van der Waals surface area contributed by atoms with Gasteiger partial charge in [-0.3, -0.25) is 19.4 Å². The maximum atomic E-state index is 13.6. The number of Topliss-reactive ketones (excluding diaryl/α,β-unsaturated/α-hetero) is 2. The number of hydrogen-bond donors (Lipinski definition) is 3. The van der Waals surface area contributed by atoms with Crippen LogP contribution in [0.4, 0.5) is 0 Å². The van der Waals surface area contributed by atoms with Crippen molar-refractivity contribution in [2.75, 3.05) is 5.33 Å². The normalized spacial score (nSPS) is 49.0. The predicted molar refractivity (Wildman–Crippen MR) is 241 cm³/mol. The SMILES string of the molecule is C[C@@]1(O)CC[C@H]2[C@H](CC[C@@H]3[C@@H]2CC[C@@]2(C)[C@H]3C[C@H]3C[C@]32C(=O)CBr)C1.C[C@@]1(O)CC[C@H]2[C@H](CC[C@@H]3[C@@H]2CC[C@@]2(C)[C@H]3C[C@H]3C[C@]32C(=O)Cn2cc(C#N)cn2)C1.N#Cc1cn[nH]c1. The van der Waals surface area contributed by atoms with Crippen molar-refractivity contribution in [1.82, 2.24) is 20.0 Å². The summed E-state index contributed by atoms with van der Waals surface area (Å²) in [6, 6.07) is 4.02. The predicted octanol–water partition coefficient (Wildman–Crippen LogP) is 9.60. The smallest absolute Gasteiger partial charge is 0.161 e. The Balaban J connectivity index is 0.000000132. The molecule has 0 aromatic carbocycles. The van der Waals surface area contributed by atoms with Crippen LogP contribution in [0.15, 0.2) is 24.8 Å². The third kappa shape index (κ3) is 6.91. The standard InChI is InChI=1S/C26H35N3O2.C22H33BrO2.C4H3N3/c1-24(31)7-5-19-17(10-24)3-4-21-20(19)6-8-25(2)22(21)9-18-11-26(18,25)23(30)15-29-14-16(12-27)13-28-29;1-20(25)7-5-15-13(10-20)3-4-17-16(15)6-8-21(2)18(17)9-14-11-22(14,21)19(24)12-23;5-1-4-2-6-7-3-4/h13-14,17-22,31H,3-11,15H2,1-2H3;13-18,25H,3-12H2,1-2H3;2-3H,(H,6,7)/t17-,18+,19+,20-,21-,22+,24-,25+,26-;13-,14+,15+,16-,17-,18+,20-,21+,22-;/m11./s1. The highest BCUT2D eigenvalue weighted by molar-refractivity contribution is 9.09. The molecule has 0 saturated heterocycles. The number of rotatable bonds is 5. The van der Waals surface area contributed by atoms with Crippen LogP contribution in [-0.4, -0.2) is 58.3 Å². The van der Waals surface area contributed by atoms with Crippen LogP contribution in [0, 0.1) is 115 Å².